The summed E-state index contributed by atoms with van der Waals surface area (Å²) in [6, 6.07) is 4.66. The van der Waals surface area contributed by atoms with Crippen LogP contribution in [0.15, 0.2) is 30.6 Å². The summed E-state index contributed by atoms with van der Waals surface area (Å²) >= 11 is 0. The molecular formula is C20H24F3N5O2. The zero-order valence-electron chi connectivity index (χ0n) is 16.5. The number of carbonyl (C=O) groups is 1. The van der Waals surface area contributed by atoms with E-state index < -0.39 is 24.4 Å². The van der Waals surface area contributed by atoms with Crippen LogP contribution in [0, 0.1) is 11.7 Å². The van der Waals surface area contributed by atoms with Crippen LogP contribution in [0.25, 0.3) is 0 Å². The number of hydrogen-bond donors (Lipinski definition) is 1. The van der Waals surface area contributed by atoms with Gasteiger partial charge in [0.15, 0.2) is 17.7 Å². The third kappa shape index (κ3) is 4.08. The number of piperidine rings is 1. The summed E-state index contributed by atoms with van der Waals surface area (Å²) in [5.74, 6) is -0.416. The lowest BCUT2D eigenvalue weighted by Gasteiger charge is -2.41. The number of carbonyl (C=O) groups excluding carboxylic acids is 1. The summed E-state index contributed by atoms with van der Waals surface area (Å²) in [6.07, 6.45) is -0.357. The van der Waals surface area contributed by atoms with Gasteiger partial charge in [-0.25, -0.2) is 17.9 Å². The Bertz CT molecular complexity index is 893. The Morgan fingerprint density at radius 2 is 2.13 bits per heavy atom. The first kappa shape index (κ1) is 20.5. The Labute approximate surface area is 172 Å². The topological polar surface area (TPSA) is 72.3 Å². The summed E-state index contributed by atoms with van der Waals surface area (Å²) in [7, 11) is 0. The van der Waals surface area contributed by atoms with Crippen LogP contribution in [0.5, 0.6) is 5.75 Å². The molecule has 1 amide bonds. The predicted molar refractivity (Wildman–Crippen MR) is 103 cm³/mol. The molecular weight excluding hydrogens is 399 g/mol. The average molecular weight is 423 g/mol. The van der Waals surface area contributed by atoms with Crippen molar-refractivity contribution in [1.82, 2.24) is 19.7 Å². The van der Waals surface area contributed by atoms with Crippen LogP contribution in [0.1, 0.15) is 32.2 Å². The smallest absolute Gasteiger partial charge is 0.263 e. The number of benzene rings is 1. The Balaban J connectivity index is 1.42. The Hall–Kier alpha value is -2.78. The predicted octanol–water partition coefficient (Wildman–Crippen LogP) is 3.11. The van der Waals surface area contributed by atoms with Crippen LogP contribution in [-0.4, -0.2) is 57.2 Å². The Kier molecular flexibility index (Phi) is 5.83. The first-order chi connectivity index (χ1) is 14.4. The Morgan fingerprint density at radius 1 is 1.33 bits per heavy atom. The van der Waals surface area contributed by atoms with Gasteiger partial charge in [-0.3, -0.25) is 4.79 Å². The standard InChI is InChI=1S/C20H24F3N5O2/c1-12(30-17-7-3-2-6-14(17)21)19(29)27-8-4-5-13(10-27)15-9-16(18(22)23)28-20(26-15)24-11-25-28/h2-3,6-7,11-13,15-16,18H,4-5,8-10H2,1H3,(H,24,25,26)/t12-,13-,15+,16-/m1/s1. The molecule has 4 rings (SSSR count). The molecule has 0 saturated carbocycles. The van der Waals surface area contributed by atoms with Gasteiger partial charge in [-0.1, -0.05) is 12.1 Å². The summed E-state index contributed by atoms with van der Waals surface area (Å²) in [6.45, 7) is 2.57. The van der Waals surface area contributed by atoms with E-state index in [1.807, 2.05) is 0 Å². The molecule has 2 aromatic rings. The Morgan fingerprint density at radius 3 is 2.90 bits per heavy atom. The van der Waals surface area contributed by atoms with E-state index in [1.54, 1.807) is 24.0 Å². The maximum atomic E-state index is 13.8. The monoisotopic (exact) mass is 423 g/mol. The van der Waals surface area contributed by atoms with Gasteiger partial charge in [-0.2, -0.15) is 10.1 Å². The van der Waals surface area contributed by atoms with Crippen LogP contribution in [0.4, 0.5) is 19.1 Å². The molecule has 0 aliphatic carbocycles. The number of aromatic nitrogens is 3. The van der Waals surface area contributed by atoms with Gasteiger partial charge >= 0.3 is 0 Å². The van der Waals surface area contributed by atoms with Crippen LogP contribution < -0.4 is 10.1 Å². The number of nitrogens with zero attached hydrogens (tertiary/aromatic N) is 4. The minimum absolute atomic E-state index is 0.00457. The maximum absolute atomic E-state index is 13.8. The van der Waals surface area contributed by atoms with Crippen molar-refractivity contribution in [2.24, 2.45) is 5.92 Å². The van der Waals surface area contributed by atoms with Crippen molar-refractivity contribution < 1.29 is 22.7 Å². The minimum atomic E-state index is -2.55. The molecule has 2 aliphatic heterocycles. The molecule has 3 heterocycles. The zero-order valence-corrected chi connectivity index (χ0v) is 16.5. The highest BCUT2D eigenvalue weighted by Crippen LogP contribution is 2.35. The van der Waals surface area contributed by atoms with Crippen LogP contribution in [0.2, 0.25) is 0 Å². The van der Waals surface area contributed by atoms with Gasteiger partial charge in [-0.15, -0.1) is 0 Å². The molecule has 1 aromatic carbocycles. The second-order valence-electron chi connectivity index (χ2n) is 7.79. The quantitative estimate of drug-likeness (QED) is 0.800. The highest BCUT2D eigenvalue weighted by atomic mass is 19.3. The molecule has 30 heavy (non-hydrogen) atoms. The number of anilines is 1. The van der Waals surface area contributed by atoms with Crippen molar-refractivity contribution in [1.29, 1.82) is 0 Å². The molecule has 1 fully saturated rings. The van der Waals surface area contributed by atoms with Gasteiger partial charge in [0.2, 0.25) is 5.95 Å². The second kappa shape index (κ2) is 8.53. The number of para-hydroxylation sites is 1. The van der Waals surface area contributed by atoms with E-state index in [0.29, 0.717) is 19.0 Å². The zero-order chi connectivity index (χ0) is 21.3. The van der Waals surface area contributed by atoms with Gasteiger partial charge in [0, 0.05) is 19.1 Å². The number of rotatable bonds is 5. The minimum Gasteiger partial charge on any atom is -0.478 e. The summed E-state index contributed by atoms with van der Waals surface area (Å²) < 4.78 is 47.7. The molecule has 4 atom stereocenters. The van der Waals surface area contributed by atoms with E-state index in [9.17, 15) is 18.0 Å². The van der Waals surface area contributed by atoms with E-state index >= 15 is 0 Å². The third-order valence-corrected chi connectivity index (χ3v) is 5.81. The number of amides is 1. The third-order valence-electron chi connectivity index (χ3n) is 5.81. The summed E-state index contributed by atoms with van der Waals surface area (Å²) in [5, 5.41) is 7.11. The van der Waals surface area contributed by atoms with Crippen LogP contribution in [-0.2, 0) is 4.79 Å². The van der Waals surface area contributed by atoms with Crippen LogP contribution >= 0.6 is 0 Å². The molecule has 162 valence electrons. The van der Waals surface area contributed by atoms with Gasteiger partial charge in [-0.05, 0) is 44.2 Å². The number of halogens is 3. The van der Waals surface area contributed by atoms with Gasteiger partial charge < -0.3 is 15.0 Å². The van der Waals surface area contributed by atoms with Gasteiger partial charge in [0.25, 0.3) is 12.3 Å². The average Bonchev–Trinajstić information content (AvgIpc) is 3.22. The molecule has 0 radical (unpaired) electrons. The number of nitrogens with one attached hydrogen (secondary N) is 1. The molecule has 7 nitrogen and oxygen atoms in total. The van der Waals surface area contributed by atoms with Crippen molar-refractivity contribution in [3.63, 3.8) is 0 Å². The van der Waals surface area contributed by atoms with Gasteiger partial charge in [0.1, 0.15) is 12.4 Å². The fourth-order valence-electron chi connectivity index (χ4n) is 4.28. The van der Waals surface area contributed by atoms with Crippen molar-refractivity contribution in [2.45, 2.75) is 50.8 Å². The molecule has 2 aliphatic rings. The highest BCUT2D eigenvalue weighted by molar-refractivity contribution is 5.81. The number of likely N-dealkylation sites (tertiary alicyclic amines) is 1. The van der Waals surface area contributed by atoms with E-state index in [1.165, 1.54) is 23.1 Å². The van der Waals surface area contributed by atoms with Crippen molar-refractivity contribution in [3.8, 4) is 5.75 Å². The molecule has 0 bridgehead atoms. The second-order valence-corrected chi connectivity index (χ2v) is 7.79. The van der Waals surface area contributed by atoms with E-state index in [4.69, 9.17) is 4.74 Å². The number of hydrogen-bond acceptors (Lipinski definition) is 5. The van der Waals surface area contributed by atoms with Crippen molar-refractivity contribution in [2.75, 3.05) is 18.4 Å². The summed E-state index contributed by atoms with van der Waals surface area (Å²) in [5.41, 5.74) is 0. The normalized spacial score (nSPS) is 24.8. The van der Waals surface area contributed by atoms with Gasteiger partial charge in [0.05, 0.1) is 0 Å². The van der Waals surface area contributed by atoms with E-state index in [-0.39, 0.29) is 30.0 Å². The first-order valence-corrected chi connectivity index (χ1v) is 10.1. The molecule has 0 spiro atoms. The molecule has 1 saturated heterocycles. The lowest BCUT2D eigenvalue weighted by Crippen LogP contribution is -2.50. The first-order valence-electron chi connectivity index (χ1n) is 10.1. The number of ether oxygens (including phenoxy) is 1. The van der Waals surface area contributed by atoms with E-state index in [0.717, 1.165) is 12.8 Å². The SMILES string of the molecule is C[C@@H](Oc1ccccc1F)C(=O)N1CCC[C@@H]([C@@H]2C[C@H](C(F)F)n3ncnc3N2)C1. The number of alkyl halides is 2. The number of fused-ring (bicyclic) bond motifs is 1. The van der Waals surface area contributed by atoms with Crippen molar-refractivity contribution in [3.05, 3.63) is 36.4 Å². The van der Waals surface area contributed by atoms with Crippen LogP contribution in [0.3, 0.4) is 0 Å². The largest absolute Gasteiger partial charge is 0.478 e. The lowest BCUT2D eigenvalue weighted by atomic mass is 9.86. The lowest BCUT2D eigenvalue weighted by molar-refractivity contribution is -0.140. The van der Waals surface area contributed by atoms with Crippen molar-refractivity contribution >= 4 is 11.9 Å². The fraction of sp³-hybridized carbons (Fsp3) is 0.550. The summed E-state index contributed by atoms with van der Waals surface area (Å²) in [4.78, 5) is 18.6. The highest BCUT2D eigenvalue weighted by Gasteiger charge is 2.39. The maximum Gasteiger partial charge on any atom is 0.263 e. The molecule has 1 aromatic heterocycles. The molecule has 0 unspecified atom stereocenters. The molecule has 1 N–H and O–H groups in total. The molecule has 10 heteroatoms. The fourth-order valence-corrected chi connectivity index (χ4v) is 4.28. The van der Waals surface area contributed by atoms with E-state index in [2.05, 4.69) is 15.4 Å².